The van der Waals surface area contributed by atoms with E-state index in [2.05, 4.69) is 78.0 Å². The largest absolute Gasteiger partial charge is 0.318 e. The molecule has 164 valence electrons. The number of hydrogen-bond acceptors (Lipinski definition) is 3. The number of aromatic nitrogens is 3. The summed E-state index contributed by atoms with van der Waals surface area (Å²) in [4.78, 5) is 23.3. The predicted molar refractivity (Wildman–Crippen MR) is 137 cm³/mol. The lowest BCUT2D eigenvalue weighted by atomic mass is 9.97. The minimum atomic E-state index is -0.00795. The standard InChI is InChI=1S/C28H25N3OS/c1-17-16-23(26-29-27(32)25-22-10-6-7-11-24(22)33-28(25)30-26)18(2)31(17)21-14-12-20(13-15-21)19-8-4-3-5-9-19/h3-5,8-9,12-16H,6-7,10-11H2,1-2H3,(H,29,30,32). The van der Waals surface area contributed by atoms with Crippen molar-refractivity contribution in [2.75, 3.05) is 0 Å². The van der Waals surface area contributed by atoms with Gasteiger partial charge in [-0.2, -0.15) is 0 Å². The average Bonchev–Trinajstić information content (AvgIpc) is 3.36. The molecule has 3 aromatic heterocycles. The van der Waals surface area contributed by atoms with Gasteiger partial charge in [-0.3, -0.25) is 4.79 Å². The predicted octanol–water partition coefficient (Wildman–Crippen LogP) is 6.60. The highest BCUT2D eigenvalue weighted by molar-refractivity contribution is 7.18. The van der Waals surface area contributed by atoms with E-state index >= 15 is 0 Å². The Balaban J connectivity index is 1.42. The first-order chi connectivity index (χ1) is 16.1. The molecule has 0 saturated carbocycles. The molecule has 0 atom stereocenters. The molecule has 4 nitrogen and oxygen atoms in total. The summed E-state index contributed by atoms with van der Waals surface area (Å²) in [6.07, 6.45) is 4.42. The Hall–Kier alpha value is -3.44. The fourth-order valence-corrected chi connectivity index (χ4v) is 6.39. The summed E-state index contributed by atoms with van der Waals surface area (Å²) >= 11 is 1.70. The van der Waals surface area contributed by atoms with Gasteiger partial charge in [-0.05, 0) is 74.4 Å². The Labute approximate surface area is 196 Å². The van der Waals surface area contributed by atoms with Gasteiger partial charge in [0.1, 0.15) is 10.7 Å². The summed E-state index contributed by atoms with van der Waals surface area (Å²) in [6, 6.07) is 21.1. The minimum absolute atomic E-state index is 0.00795. The Morgan fingerprint density at radius 3 is 2.45 bits per heavy atom. The van der Waals surface area contributed by atoms with Crippen LogP contribution in [0.3, 0.4) is 0 Å². The number of rotatable bonds is 3. The van der Waals surface area contributed by atoms with Gasteiger partial charge in [0.2, 0.25) is 0 Å². The highest BCUT2D eigenvalue weighted by Crippen LogP contribution is 2.35. The quantitative estimate of drug-likeness (QED) is 0.336. The number of thiophene rings is 1. The zero-order chi connectivity index (χ0) is 22.5. The van der Waals surface area contributed by atoms with Crippen LogP contribution >= 0.6 is 11.3 Å². The lowest BCUT2D eigenvalue weighted by Crippen LogP contribution is -2.11. The van der Waals surface area contributed by atoms with Crippen LogP contribution in [-0.2, 0) is 12.8 Å². The fourth-order valence-electron chi connectivity index (χ4n) is 5.12. The van der Waals surface area contributed by atoms with Crippen LogP contribution in [0.15, 0.2) is 65.5 Å². The number of aromatic amines is 1. The van der Waals surface area contributed by atoms with Crippen LogP contribution in [0.1, 0.15) is 34.7 Å². The lowest BCUT2D eigenvalue weighted by molar-refractivity contribution is 0.700. The second kappa shape index (κ2) is 7.85. The molecule has 3 heterocycles. The Morgan fingerprint density at radius 2 is 1.67 bits per heavy atom. The van der Waals surface area contributed by atoms with Gasteiger partial charge in [0, 0.05) is 27.5 Å². The number of hydrogen-bond donors (Lipinski definition) is 1. The van der Waals surface area contributed by atoms with Crippen LogP contribution in [0.2, 0.25) is 0 Å². The van der Waals surface area contributed by atoms with Gasteiger partial charge in [0.25, 0.3) is 5.56 Å². The van der Waals surface area contributed by atoms with Crippen molar-refractivity contribution in [1.29, 1.82) is 0 Å². The first kappa shape index (κ1) is 20.2. The topological polar surface area (TPSA) is 50.7 Å². The Bertz CT molecular complexity index is 1540. The third kappa shape index (κ3) is 3.35. The van der Waals surface area contributed by atoms with Crippen molar-refractivity contribution < 1.29 is 0 Å². The van der Waals surface area contributed by atoms with Gasteiger partial charge >= 0.3 is 0 Å². The number of H-pyrrole nitrogens is 1. The van der Waals surface area contributed by atoms with Crippen molar-refractivity contribution in [3.8, 4) is 28.2 Å². The fraction of sp³-hybridized carbons (Fsp3) is 0.214. The van der Waals surface area contributed by atoms with E-state index in [1.54, 1.807) is 11.3 Å². The Kier molecular flexibility index (Phi) is 4.80. The van der Waals surface area contributed by atoms with E-state index in [0.29, 0.717) is 5.82 Å². The summed E-state index contributed by atoms with van der Waals surface area (Å²) in [5.74, 6) is 0.659. The molecule has 0 saturated heterocycles. The monoisotopic (exact) mass is 451 g/mol. The zero-order valence-electron chi connectivity index (χ0n) is 18.8. The van der Waals surface area contributed by atoms with Crippen LogP contribution in [-0.4, -0.2) is 14.5 Å². The molecule has 0 bridgehead atoms. The Morgan fingerprint density at radius 1 is 0.939 bits per heavy atom. The highest BCUT2D eigenvalue weighted by atomic mass is 32.1. The number of fused-ring (bicyclic) bond motifs is 3. The summed E-state index contributed by atoms with van der Waals surface area (Å²) in [5, 5.41) is 0.809. The number of aryl methyl sites for hydroxylation is 3. The van der Waals surface area contributed by atoms with E-state index in [4.69, 9.17) is 4.98 Å². The summed E-state index contributed by atoms with van der Waals surface area (Å²) in [7, 11) is 0. The van der Waals surface area contributed by atoms with Crippen LogP contribution in [0.4, 0.5) is 0 Å². The molecule has 0 aliphatic heterocycles. The molecule has 0 amide bonds. The molecular weight excluding hydrogens is 426 g/mol. The van der Waals surface area contributed by atoms with Gasteiger partial charge in [-0.1, -0.05) is 42.5 Å². The average molecular weight is 452 g/mol. The maximum Gasteiger partial charge on any atom is 0.260 e. The van der Waals surface area contributed by atoms with Gasteiger partial charge < -0.3 is 9.55 Å². The third-order valence-corrected chi connectivity index (χ3v) is 7.93. The third-order valence-electron chi connectivity index (χ3n) is 6.74. The van der Waals surface area contributed by atoms with E-state index in [9.17, 15) is 4.79 Å². The van der Waals surface area contributed by atoms with Gasteiger partial charge in [0.05, 0.1) is 5.39 Å². The second-order valence-electron chi connectivity index (χ2n) is 8.84. The molecule has 5 heteroatoms. The van der Waals surface area contributed by atoms with Crippen LogP contribution in [0.25, 0.3) is 38.4 Å². The molecule has 0 spiro atoms. The molecule has 1 aliphatic carbocycles. The summed E-state index contributed by atoms with van der Waals surface area (Å²) < 4.78 is 2.23. The number of nitrogens with zero attached hydrogens (tertiary/aromatic N) is 2. The highest BCUT2D eigenvalue weighted by Gasteiger charge is 2.21. The van der Waals surface area contributed by atoms with E-state index in [0.717, 1.165) is 52.1 Å². The molecule has 5 aromatic rings. The molecule has 0 radical (unpaired) electrons. The molecule has 0 fully saturated rings. The zero-order valence-corrected chi connectivity index (χ0v) is 19.6. The van der Waals surface area contributed by atoms with Crippen LogP contribution in [0.5, 0.6) is 0 Å². The maximum absolute atomic E-state index is 13.1. The maximum atomic E-state index is 13.1. The first-order valence-corrected chi connectivity index (χ1v) is 12.3. The molecule has 0 unspecified atom stereocenters. The smallest absolute Gasteiger partial charge is 0.260 e. The van der Waals surface area contributed by atoms with E-state index in [1.807, 2.05) is 6.07 Å². The van der Waals surface area contributed by atoms with Gasteiger partial charge in [-0.25, -0.2) is 4.98 Å². The molecule has 33 heavy (non-hydrogen) atoms. The molecular formula is C28H25N3OS. The lowest BCUT2D eigenvalue weighted by Gasteiger charge is -2.11. The van der Waals surface area contributed by atoms with Gasteiger partial charge in [0.15, 0.2) is 0 Å². The van der Waals surface area contributed by atoms with Gasteiger partial charge in [-0.15, -0.1) is 11.3 Å². The summed E-state index contributed by atoms with van der Waals surface area (Å²) in [5.41, 5.74) is 7.89. The molecule has 6 rings (SSSR count). The van der Waals surface area contributed by atoms with Crippen LogP contribution < -0.4 is 5.56 Å². The van der Waals surface area contributed by atoms with E-state index in [-0.39, 0.29) is 5.56 Å². The van der Waals surface area contributed by atoms with Crippen molar-refractivity contribution in [2.45, 2.75) is 39.5 Å². The number of nitrogens with one attached hydrogen (secondary N) is 1. The van der Waals surface area contributed by atoms with Crippen molar-refractivity contribution in [2.24, 2.45) is 0 Å². The molecule has 1 aliphatic rings. The normalized spacial score (nSPS) is 13.4. The summed E-state index contributed by atoms with van der Waals surface area (Å²) in [6.45, 7) is 4.19. The first-order valence-electron chi connectivity index (χ1n) is 11.5. The van der Waals surface area contributed by atoms with Crippen molar-refractivity contribution >= 4 is 21.6 Å². The van der Waals surface area contributed by atoms with E-state index in [1.165, 1.54) is 28.0 Å². The number of benzene rings is 2. The minimum Gasteiger partial charge on any atom is -0.318 e. The van der Waals surface area contributed by atoms with Crippen molar-refractivity contribution in [1.82, 2.24) is 14.5 Å². The van der Waals surface area contributed by atoms with Crippen LogP contribution in [0, 0.1) is 13.8 Å². The molecule has 2 aromatic carbocycles. The molecule has 1 N–H and O–H groups in total. The second-order valence-corrected chi connectivity index (χ2v) is 9.92. The SMILES string of the molecule is Cc1cc(-c2nc3sc4c(c3c(=O)[nH]2)CCCC4)c(C)n1-c1ccc(-c2ccccc2)cc1. The van der Waals surface area contributed by atoms with E-state index < -0.39 is 0 Å². The van der Waals surface area contributed by atoms with Crippen molar-refractivity contribution in [3.63, 3.8) is 0 Å². The van der Waals surface area contributed by atoms with Crippen molar-refractivity contribution in [3.05, 3.63) is 92.8 Å².